The maximum absolute atomic E-state index is 14.2. The molecule has 2 aromatic rings. The topological polar surface area (TPSA) is 158 Å². The van der Waals surface area contributed by atoms with E-state index in [-0.39, 0.29) is 29.9 Å². The van der Waals surface area contributed by atoms with E-state index in [1.807, 2.05) is 88.4 Å². The maximum atomic E-state index is 14.2. The number of amides is 4. The van der Waals surface area contributed by atoms with Gasteiger partial charge in [-0.05, 0) is 75.0 Å². The van der Waals surface area contributed by atoms with Gasteiger partial charge in [-0.2, -0.15) is 0 Å². The van der Waals surface area contributed by atoms with Gasteiger partial charge in [-0.25, -0.2) is 0 Å². The third-order valence-corrected chi connectivity index (χ3v) is 11.4. The van der Waals surface area contributed by atoms with Gasteiger partial charge in [-0.1, -0.05) is 120 Å². The number of aryl methyl sites for hydroxylation is 1. The highest BCUT2D eigenvalue weighted by atomic mass is 16.6. The van der Waals surface area contributed by atoms with Crippen LogP contribution in [0.15, 0.2) is 60.7 Å². The number of epoxide rings is 1. The lowest BCUT2D eigenvalue weighted by Gasteiger charge is -2.28. The summed E-state index contributed by atoms with van der Waals surface area (Å²) < 4.78 is 10.9. The highest BCUT2D eigenvalue weighted by molar-refractivity contribution is 5.98. The van der Waals surface area contributed by atoms with Crippen LogP contribution >= 0.6 is 0 Å². The normalized spacial score (nSPS) is 18.6. The van der Waals surface area contributed by atoms with Crippen molar-refractivity contribution < 1.29 is 33.4 Å². The zero-order valence-corrected chi connectivity index (χ0v) is 37.0. The van der Waals surface area contributed by atoms with Gasteiger partial charge in [0.1, 0.15) is 23.7 Å². The molecule has 0 radical (unpaired) electrons. The molecule has 2 heterocycles. The number of hydrogen-bond acceptors (Lipinski definition) is 8. The van der Waals surface area contributed by atoms with Gasteiger partial charge in [-0.15, -0.1) is 0 Å². The number of nitrogens with zero attached hydrogens (tertiary/aromatic N) is 1. The first-order valence-corrected chi connectivity index (χ1v) is 22.6. The van der Waals surface area contributed by atoms with Crippen LogP contribution in [0.4, 0.5) is 0 Å². The Morgan fingerprint density at radius 3 is 1.73 bits per heavy atom. The molecule has 60 heavy (non-hydrogen) atoms. The molecule has 4 rings (SSSR count). The summed E-state index contributed by atoms with van der Waals surface area (Å²) in [5.74, 6) is -1.66. The molecule has 4 amide bonds. The summed E-state index contributed by atoms with van der Waals surface area (Å²) in [4.78, 5) is 71.5. The molecule has 0 aliphatic carbocycles. The number of unbranched alkanes of at least 4 members (excludes halogenated alkanes) is 6. The predicted octanol–water partition coefficient (Wildman–Crippen LogP) is 5.70. The molecule has 0 saturated carbocycles. The Hall–Kier alpha value is -4.13. The molecular formula is C48H73N5O7. The molecule has 2 aromatic carbocycles. The van der Waals surface area contributed by atoms with Crippen molar-refractivity contribution in [3.05, 3.63) is 71.8 Å². The molecule has 2 aliphatic heterocycles. The van der Waals surface area contributed by atoms with Gasteiger partial charge in [0.15, 0.2) is 5.78 Å². The number of carbonyl (C=O) groups excluding carboxylic acids is 5. The van der Waals surface area contributed by atoms with E-state index in [4.69, 9.17) is 9.47 Å². The lowest BCUT2D eigenvalue weighted by molar-refractivity contribution is -0.135. The Bertz CT molecular complexity index is 1610. The van der Waals surface area contributed by atoms with E-state index in [1.165, 1.54) is 19.3 Å². The van der Waals surface area contributed by atoms with Gasteiger partial charge >= 0.3 is 0 Å². The fourth-order valence-corrected chi connectivity index (χ4v) is 7.72. The standard InChI is InChI=1S/C48H73N5O7/c1-35(2)31-40(44(55)48(5)34-60-48)50-47(58)42(33-38-21-15-12-16-22-38)52-46(57)41(32-36(3)4)51-45(56)39(25-24-37-19-13-11-14-20-37)49-43(54)23-17-9-7-6-8-10-18-26-53-27-29-59-30-28-53/h11-16,19-22,35-36,39-42H,6-10,17-18,23-34H2,1-5H3,(H,49,54)(H,50,58)(H,51,56)(H,52,57)/t39-,40-,41-,42-,48+/m0/s1. The van der Waals surface area contributed by atoms with E-state index in [0.29, 0.717) is 38.7 Å². The zero-order chi connectivity index (χ0) is 43.3. The number of morpholine rings is 1. The number of ether oxygens (including phenoxy) is 2. The average Bonchev–Trinajstić information content (AvgIpc) is 3.99. The molecule has 0 spiro atoms. The second kappa shape index (κ2) is 25.6. The number of rotatable bonds is 28. The molecule has 4 N–H and O–H groups in total. The molecule has 0 unspecified atom stereocenters. The highest BCUT2D eigenvalue weighted by Gasteiger charge is 2.50. The number of carbonyl (C=O) groups is 5. The van der Waals surface area contributed by atoms with Crippen LogP contribution in [0, 0.1) is 11.8 Å². The van der Waals surface area contributed by atoms with E-state index < -0.39 is 47.5 Å². The lowest BCUT2D eigenvalue weighted by Crippen LogP contribution is -2.59. The molecule has 332 valence electrons. The van der Waals surface area contributed by atoms with Crippen molar-refractivity contribution in [2.45, 2.75) is 148 Å². The van der Waals surface area contributed by atoms with Gasteiger partial charge < -0.3 is 30.7 Å². The molecule has 0 bridgehead atoms. The van der Waals surface area contributed by atoms with Crippen molar-refractivity contribution in [3.8, 4) is 0 Å². The first-order chi connectivity index (χ1) is 28.8. The van der Waals surface area contributed by atoms with E-state index >= 15 is 0 Å². The molecule has 0 aromatic heterocycles. The van der Waals surface area contributed by atoms with Gasteiger partial charge in [0.25, 0.3) is 0 Å². The SMILES string of the molecule is CC(C)C[C@H](NC(=O)[C@H](CCc1ccccc1)NC(=O)CCCCCCCCCN1CCOCC1)C(=O)N[C@@H](Cc1ccccc1)C(=O)N[C@@H](CC(C)C)C(=O)[C@@]1(C)CO1. The molecule has 5 atom stereocenters. The Morgan fingerprint density at radius 2 is 1.13 bits per heavy atom. The van der Waals surface area contributed by atoms with Crippen LogP contribution in [0.2, 0.25) is 0 Å². The van der Waals surface area contributed by atoms with Crippen molar-refractivity contribution in [3.63, 3.8) is 0 Å². The Balaban J connectivity index is 1.37. The van der Waals surface area contributed by atoms with Crippen LogP contribution in [0.5, 0.6) is 0 Å². The van der Waals surface area contributed by atoms with Crippen LogP contribution in [-0.2, 0) is 46.3 Å². The van der Waals surface area contributed by atoms with E-state index in [9.17, 15) is 24.0 Å². The Kier molecular flexibility index (Phi) is 20.7. The Morgan fingerprint density at radius 1 is 0.633 bits per heavy atom. The zero-order valence-electron chi connectivity index (χ0n) is 37.0. The minimum absolute atomic E-state index is 0.0249. The molecule has 12 heteroatoms. The fourth-order valence-electron chi connectivity index (χ4n) is 7.72. The monoisotopic (exact) mass is 832 g/mol. The number of benzene rings is 2. The van der Waals surface area contributed by atoms with Crippen LogP contribution < -0.4 is 21.3 Å². The van der Waals surface area contributed by atoms with E-state index in [2.05, 4.69) is 26.2 Å². The van der Waals surface area contributed by atoms with Crippen molar-refractivity contribution in [2.75, 3.05) is 39.5 Å². The van der Waals surface area contributed by atoms with E-state index in [1.54, 1.807) is 6.92 Å². The molecule has 2 fully saturated rings. The van der Waals surface area contributed by atoms with Gasteiger partial charge in [0, 0.05) is 25.9 Å². The Labute approximate surface area is 359 Å². The number of hydrogen-bond donors (Lipinski definition) is 4. The maximum Gasteiger partial charge on any atom is 0.243 e. The summed E-state index contributed by atoms with van der Waals surface area (Å²) in [6.45, 7) is 14.8. The van der Waals surface area contributed by atoms with E-state index in [0.717, 1.165) is 69.7 Å². The van der Waals surface area contributed by atoms with Gasteiger partial charge in [0.05, 0.1) is 25.9 Å². The number of nitrogens with one attached hydrogen (secondary N) is 4. The smallest absolute Gasteiger partial charge is 0.243 e. The van der Waals surface area contributed by atoms with Crippen molar-refractivity contribution >= 4 is 29.4 Å². The fraction of sp³-hybridized carbons (Fsp3) is 0.646. The summed E-state index contributed by atoms with van der Waals surface area (Å²) in [5.41, 5.74) is 0.944. The molecule has 12 nitrogen and oxygen atoms in total. The number of ketones is 1. The first kappa shape index (κ1) is 48.5. The summed E-state index contributed by atoms with van der Waals surface area (Å²) >= 11 is 0. The minimum atomic E-state index is -1.02. The summed E-state index contributed by atoms with van der Waals surface area (Å²) in [7, 11) is 0. The highest BCUT2D eigenvalue weighted by Crippen LogP contribution is 2.30. The lowest BCUT2D eigenvalue weighted by atomic mass is 9.93. The van der Waals surface area contributed by atoms with Crippen molar-refractivity contribution in [2.24, 2.45) is 11.8 Å². The minimum Gasteiger partial charge on any atom is -0.379 e. The number of Topliss-reactive ketones (excluding diaryl/α,β-unsaturated/α-hetero) is 1. The van der Waals surface area contributed by atoms with Gasteiger partial charge in [0.2, 0.25) is 23.6 Å². The van der Waals surface area contributed by atoms with Crippen LogP contribution in [-0.4, -0.2) is 104 Å². The van der Waals surface area contributed by atoms with Gasteiger partial charge in [-0.3, -0.25) is 28.9 Å². The summed E-state index contributed by atoms with van der Waals surface area (Å²) in [6, 6.07) is 15.5. The molecule has 2 saturated heterocycles. The average molecular weight is 832 g/mol. The molecular weight excluding hydrogens is 759 g/mol. The third-order valence-electron chi connectivity index (χ3n) is 11.4. The predicted molar refractivity (Wildman–Crippen MR) is 235 cm³/mol. The largest absolute Gasteiger partial charge is 0.379 e. The summed E-state index contributed by atoms with van der Waals surface area (Å²) in [6.07, 6.45) is 9.67. The van der Waals surface area contributed by atoms with Crippen molar-refractivity contribution in [1.29, 1.82) is 0 Å². The second-order valence-corrected chi connectivity index (χ2v) is 17.8. The van der Waals surface area contributed by atoms with Crippen LogP contribution in [0.3, 0.4) is 0 Å². The molecule has 2 aliphatic rings. The summed E-state index contributed by atoms with van der Waals surface area (Å²) in [5, 5.41) is 11.8. The van der Waals surface area contributed by atoms with Crippen LogP contribution in [0.1, 0.15) is 116 Å². The van der Waals surface area contributed by atoms with Crippen molar-refractivity contribution in [1.82, 2.24) is 26.2 Å². The quantitative estimate of drug-likeness (QED) is 0.0628. The third kappa shape index (κ3) is 17.8. The first-order valence-electron chi connectivity index (χ1n) is 22.6. The van der Waals surface area contributed by atoms with Crippen LogP contribution in [0.25, 0.3) is 0 Å². The second-order valence-electron chi connectivity index (χ2n) is 17.8.